The van der Waals surface area contributed by atoms with E-state index in [1.807, 2.05) is 38.1 Å². The van der Waals surface area contributed by atoms with Crippen molar-refractivity contribution in [2.24, 2.45) is 10.8 Å². The van der Waals surface area contributed by atoms with Crippen LogP contribution in [0, 0.1) is 10.8 Å². The molecule has 1 spiro atoms. The number of ether oxygens (including phenoxy) is 1. The summed E-state index contributed by atoms with van der Waals surface area (Å²) in [6, 6.07) is 7.63. The van der Waals surface area contributed by atoms with Gasteiger partial charge in [0.1, 0.15) is 11.5 Å². The summed E-state index contributed by atoms with van der Waals surface area (Å²) in [4.78, 5) is 25.5. The maximum atomic E-state index is 13.0. The number of esters is 1. The minimum Gasteiger partial charge on any atom is -0.456 e. The Morgan fingerprint density at radius 3 is 2.24 bits per heavy atom. The van der Waals surface area contributed by atoms with Crippen molar-refractivity contribution in [3.63, 3.8) is 0 Å². The van der Waals surface area contributed by atoms with Crippen LogP contribution < -0.4 is 0 Å². The summed E-state index contributed by atoms with van der Waals surface area (Å²) in [6.45, 7) is 3.79. The smallest absolute Gasteiger partial charge is 0.320 e. The highest BCUT2D eigenvalue weighted by Crippen LogP contribution is 2.53. The summed E-state index contributed by atoms with van der Waals surface area (Å²) < 4.78 is 6.72. The molecule has 1 saturated carbocycles. The van der Waals surface area contributed by atoms with E-state index in [2.05, 4.69) is 15.9 Å². The lowest BCUT2D eigenvalue weighted by Crippen LogP contribution is -2.53. The molecule has 1 aromatic rings. The first kappa shape index (κ1) is 14.8. The number of hydrogen-bond donors (Lipinski definition) is 0. The Morgan fingerprint density at radius 2 is 1.67 bits per heavy atom. The quantitative estimate of drug-likeness (QED) is 0.563. The van der Waals surface area contributed by atoms with E-state index in [9.17, 15) is 9.59 Å². The van der Waals surface area contributed by atoms with Crippen LogP contribution in [0.25, 0.3) is 0 Å². The van der Waals surface area contributed by atoms with Crippen LogP contribution in [0.3, 0.4) is 0 Å². The molecule has 2 aliphatic rings. The lowest BCUT2D eigenvalue weighted by Gasteiger charge is -2.44. The zero-order valence-corrected chi connectivity index (χ0v) is 13.9. The van der Waals surface area contributed by atoms with Crippen molar-refractivity contribution in [1.29, 1.82) is 0 Å². The van der Waals surface area contributed by atoms with E-state index in [-0.39, 0.29) is 11.8 Å². The maximum Gasteiger partial charge on any atom is 0.320 e. The summed E-state index contributed by atoms with van der Waals surface area (Å²) in [5, 5.41) is 0. The lowest BCUT2D eigenvalue weighted by atomic mass is 9.64. The first-order valence-corrected chi connectivity index (χ1v) is 8.19. The predicted molar refractivity (Wildman–Crippen MR) is 82.7 cm³/mol. The van der Waals surface area contributed by atoms with Crippen LogP contribution in [0.5, 0.6) is 0 Å². The molecule has 0 N–H and O–H groups in total. The molecule has 0 bridgehead atoms. The number of hydrogen-bond acceptors (Lipinski definition) is 3. The topological polar surface area (TPSA) is 43.4 Å². The van der Waals surface area contributed by atoms with E-state index in [1.165, 1.54) is 0 Å². The summed E-state index contributed by atoms with van der Waals surface area (Å²) in [5.41, 5.74) is -0.695. The summed E-state index contributed by atoms with van der Waals surface area (Å²) in [7, 11) is 0. The second-order valence-electron chi connectivity index (χ2n) is 6.68. The number of Topliss-reactive ketones (excluding diaryl/α,β-unsaturated/α-hetero) is 1. The van der Waals surface area contributed by atoms with Gasteiger partial charge < -0.3 is 4.74 Å². The van der Waals surface area contributed by atoms with Crippen molar-refractivity contribution < 1.29 is 14.3 Å². The Balaban J connectivity index is 2.00. The van der Waals surface area contributed by atoms with Crippen LogP contribution in [0.1, 0.15) is 51.2 Å². The summed E-state index contributed by atoms with van der Waals surface area (Å²) >= 11 is 3.40. The largest absolute Gasteiger partial charge is 0.456 e. The molecule has 0 unspecified atom stereocenters. The van der Waals surface area contributed by atoms with Crippen molar-refractivity contribution in [3.8, 4) is 0 Å². The van der Waals surface area contributed by atoms with Crippen LogP contribution in [-0.2, 0) is 14.3 Å². The molecule has 1 aromatic carbocycles. The van der Waals surface area contributed by atoms with E-state index in [0.29, 0.717) is 12.8 Å². The third kappa shape index (κ3) is 2.15. The molecule has 4 heteroatoms. The highest BCUT2D eigenvalue weighted by atomic mass is 79.9. The van der Waals surface area contributed by atoms with Gasteiger partial charge in [0.15, 0.2) is 5.78 Å². The third-order valence-electron chi connectivity index (χ3n) is 4.92. The van der Waals surface area contributed by atoms with E-state index in [4.69, 9.17) is 4.74 Å². The zero-order chi connectivity index (χ0) is 15.3. The molecule has 1 saturated heterocycles. The van der Waals surface area contributed by atoms with Crippen molar-refractivity contribution >= 4 is 27.7 Å². The predicted octanol–water partition coefficient (Wildman–Crippen LogP) is 4.20. The molecule has 2 fully saturated rings. The Morgan fingerprint density at radius 1 is 1.10 bits per heavy atom. The molecule has 3 nitrogen and oxygen atoms in total. The van der Waals surface area contributed by atoms with Gasteiger partial charge in [-0.15, -0.1) is 0 Å². The first-order chi connectivity index (χ1) is 9.88. The van der Waals surface area contributed by atoms with Gasteiger partial charge in [0.2, 0.25) is 0 Å². The molecule has 1 heterocycles. The molecule has 0 amide bonds. The van der Waals surface area contributed by atoms with Gasteiger partial charge in [0, 0.05) is 4.47 Å². The first-order valence-electron chi connectivity index (χ1n) is 7.39. The monoisotopic (exact) mass is 350 g/mol. The molecule has 1 aliphatic heterocycles. The van der Waals surface area contributed by atoms with Crippen molar-refractivity contribution in [2.45, 2.75) is 45.6 Å². The normalized spacial score (nSPS) is 26.9. The van der Waals surface area contributed by atoms with Gasteiger partial charge in [-0.1, -0.05) is 40.9 Å². The lowest BCUT2D eigenvalue weighted by molar-refractivity contribution is -0.189. The fourth-order valence-electron chi connectivity index (χ4n) is 3.73. The van der Waals surface area contributed by atoms with Gasteiger partial charge in [-0.2, -0.15) is 0 Å². The number of rotatable bonds is 1. The minimum atomic E-state index is -0.880. The van der Waals surface area contributed by atoms with Crippen LogP contribution in [-0.4, -0.2) is 11.8 Å². The number of carbonyl (C=O) groups is 2. The Hall–Kier alpha value is -1.16. The van der Waals surface area contributed by atoms with Crippen LogP contribution in [0.4, 0.5) is 0 Å². The SMILES string of the molecule is CC1(C)C(=O)C2(CCCC2)C(=O)O[C@@H]1c1ccc(Br)cc1. The van der Waals surface area contributed by atoms with Crippen LogP contribution in [0.15, 0.2) is 28.7 Å². The highest BCUT2D eigenvalue weighted by Gasteiger charge is 2.60. The molecule has 0 aromatic heterocycles. The third-order valence-corrected chi connectivity index (χ3v) is 5.45. The van der Waals surface area contributed by atoms with Gasteiger partial charge in [0.25, 0.3) is 0 Å². The zero-order valence-electron chi connectivity index (χ0n) is 12.3. The van der Waals surface area contributed by atoms with Gasteiger partial charge in [-0.3, -0.25) is 9.59 Å². The molecule has 1 aliphatic carbocycles. The fourth-order valence-corrected chi connectivity index (χ4v) is 3.99. The summed E-state index contributed by atoms with van der Waals surface area (Å²) in [6.07, 6.45) is 2.64. The molecular formula is C17H19BrO3. The van der Waals surface area contributed by atoms with Gasteiger partial charge in [-0.05, 0) is 44.4 Å². The number of halogens is 1. The summed E-state index contributed by atoms with van der Waals surface area (Å²) in [5.74, 6) is -0.270. The Labute approximate surface area is 133 Å². The standard InChI is InChI=1S/C17H19BrO3/c1-16(2)13(11-5-7-12(18)8-6-11)21-15(20)17(14(16)19)9-3-4-10-17/h5-8,13H,3-4,9-10H2,1-2H3/t13-/m1/s1. The van der Waals surface area contributed by atoms with Gasteiger partial charge in [-0.25, -0.2) is 0 Å². The number of benzene rings is 1. The van der Waals surface area contributed by atoms with Crippen molar-refractivity contribution in [1.82, 2.24) is 0 Å². The van der Waals surface area contributed by atoms with E-state index < -0.39 is 16.9 Å². The van der Waals surface area contributed by atoms with Crippen LogP contribution in [0.2, 0.25) is 0 Å². The Kier molecular flexibility index (Phi) is 3.47. The molecule has 0 radical (unpaired) electrons. The van der Waals surface area contributed by atoms with Gasteiger partial charge in [0.05, 0.1) is 5.41 Å². The Bertz CT molecular complexity index is 583. The highest BCUT2D eigenvalue weighted by molar-refractivity contribution is 9.10. The fraction of sp³-hybridized carbons (Fsp3) is 0.529. The molecule has 3 rings (SSSR count). The van der Waals surface area contributed by atoms with Gasteiger partial charge >= 0.3 is 5.97 Å². The average Bonchev–Trinajstić information content (AvgIpc) is 2.94. The van der Waals surface area contributed by atoms with Crippen LogP contribution >= 0.6 is 15.9 Å². The molecule has 21 heavy (non-hydrogen) atoms. The molecular weight excluding hydrogens is 332 g/mol. The van der Waals surface area contributed by atoms with E-state index in [1.54, 1.807) is 0 Å². The van der Waals surface area contributed by atoms with E-state index in [0.717, 1.165) is 22.9 Å². The maximum absolute atomic E-state index is 13.0. The van der Waals surface area contributed by atoms with E-state index >= 15 is 0 Å². The number of ketones is 1. The minimum absolute atomic E-state index is 0.0525. The second kappa shape index (κ2) is 4.94. The van der Waals surface area contributed by atoms with Crippen molar-refractivity contribution in [2.75, 3.05) is 0 Å². The van der Waals surface area contributed by atoms with Crippen molar-refractivity contribution in [3.05, 3.63) is 34.3 Å². The average molecular weight is 351 g/mol. The number of cyclic esters (lactones) is 1. The second-order valence-corrected chi connectivity index (χ2v) is 7.59. The molecule has 112 valence electrons. The molecule has 1 atom stereocenters. The number of carbonyl (C=O) groups excluding carboxylic acids is 2.